The van der Waals surface area contributed by atoms with E-state index in [2.05, 4.69) is 16.7 Å². The van der Waals surface area contributed by atoms with E-state index < -0.39 is 34.0 Å². The summed E-state index contributed by atoms with van der Waals surface area (Å²) in [6.45, 7) is 5.13. The van der Waals surface area contributed by atoms with E-state index in [4.69, 9.17) is 9.90 Å². The topological polar surface area (TPSA) is 142 Å². The molecule has 3 N–H and O–H groups in total. The highest BCUT2D eigenvalue weighted by Crippen LogP contribution is 2.27. The molecule has 0 radical (unpaired) electrons. The number of aliphatic carboxylic acids is 1. The predicted molar refractivity (Wildman–Crippen MR) is 134 cm³/mol. The largest absolute Gasteiger partial charge is 0.490 e. The van der Waals surface area contributed by atoms with Gasteiger partial charge in [-0.1, -0.05) is 13.0 Å². The third-order valence-electron chi connectivity index (χ3n) is 5.06. The van der Waals surface area contributed by atoms with Crippen molar-refractivity contribution in [2.45, 2.75) is 44.4 Å². The van der Waals surface area contributed by atoms with Crippen LogP contribution in [0.25, 0.3) is 0 Å². The van der Waals surface area contributed by atoms with Crippen LogP contribution in [-0.4, -0.2) is 53.6 Å². The molecule has 2 aromatic carbocycles. The summed E-state index contributed by atoms with van der Waals surface area (Å²) in [5.74, 6) is -4.64. The molecule has 0 aliphatic rings. The molecule has 0 aliphatic heterocycles. The fourth-order valence-corrected chi connectivity index (χ4v) is 4.49. The number of nitrogens with one attached hydrogen (secondary N) is 1. The SMILES string of the molecule is CCCn1nc(C)cc1CN(C)c1ccc(NS(=O)(=O)c2cccc(F)c2)cc1C(=O)O.O=C(O)C(F)(F)F. The Balaban J connectivity index is 0.000000673. The van der Waals surface area contributed by atoms with Crippen molar-refractivity contribution in [1.82, 2.24) is 9.78 Å². The van der Waals surface area contributed by atoms with Crippen LogP contribution in [0.4, 0.5) is 28.9 Å². The lowest BCUT2D eigenvalue weighted by Crippen LogP contribution is -2.22. The second-order valence-electron chi connectivity index (χ2n) is 8.26. The van der Waals surface area contributed by atoms with Crippen LogP contribution in [0.2, 0.25) is 0 Å². The Kier molecular flexibility index (Phi) is 10.0. The highest BCUT2D eigenvalue weighted by molar-refractivity contribution is 7.92. The zero-order chi connectivity index (χ0) is 29.5. The number of aromatic nitrogens is 2. The van der Waals surface area contributed by atoms with Crippen LogP contribution < -0.4 is 9.62 Å². The number of hydrogen-bond donors (Lipinski definition) is 3. The molecule has 0 fully saturated rings. The summed E-state index contributed by atoms with van der Waals surface area (Å²) in [5.41, 5.74) is 2.25. The Morgan fingerprint density at radius 1 is 1.10 bits per heavy atom. The van der Waals surface area contributed by atoms with Crippen LogP contribution in [-0.2, 0) is 27.9 Å². The number of aromatic carboxylic acids is 1. The molecule has 3 rings (SSSR count). The van der Waals surface area contributed by atoms with Crippen molar-refractivity contribution in [3.63, 3.8) is 0 Å². The number of hydrogen-bond acceptors (Lipinski definition) is 6. The van der Waals surface area contributed by atoms with Crippen LogP contribution in [0, 0.1) is 12.7 Å². The molecule has 0 spiro atoms. The standard InChI is InChI=1S/C22H25FN4O4S.C2HF3O2/c1-4-10-27-18(11-15(2)24-27)14-26(3)21-9-8-17(13-20(21)22(28)29)25-32(30,31)19-7-5-6-16(23)12-19;3-2(4,5)1(6)7/h5-9,11-13,25H,4,10,14H2,1-3H3,(H,28,29);(H,6,7). The highest BCUT2D eigenvalue weighted by atomic mass is 32.2. The maximum Gasteiger partial charge on any atom is 0.490 e. The molecule has 0 atom stereocenters. The molecule has 10 nitrogen and oxygen atoms in total. The van der Waals surface area contributed by atoms with Crippen molar-refractivity contribution < 1.29 is 45.8 Å². The predicted octanol–water partition coefficient (Wildman–Crippen LogP) is 4.51. The molecule has 0 unspecified atom stereocenters. The Labute approximate surface area is 221 Å². The van der Waals surface area contributed by atoms with Gasteiger partial charge in [-0.3, -0.25) is 9.40 Å². The number of carbonyl (C=O) groups is 2. The summed E-state index contributed by atoms with van der Waals surface area (Å²) in [5, 5.41) is 21.3. The number of rotatable bonds is 9. The number of carboxylic acid groups (broad SMARTS) is 2. The third-order valence-corrected chi connectivity index (χ3v) is 6.44. The lowest BCUT2D eigenvalue weighted by atomic mass is 10.1. The molecule has 1 heterocycles. The first-order chi connectivity index (χ1) is 18.0. The van der Waals surface area contributed by atoms with Crippen LogP contribution >= 0.6 is 0 Å². The van der Waals surface area contributed by atoms with Gasteiger partial charge < -0.3 is 15.1 Å². The monoisotopic (exact) mass is 574 g/mol. The van der Waals surface area contributed by atoms with Gasteiger partial charge in [0.1, 0.15) is 5.82 Å². The van der Waals surface area contributed by atoms with E-state index in [1.807, 2.05) is 17.7 Å². The molecule has 212 valence electrons. The zero-order valence-corrected chi connectivity index (χ0v) is 21.8. The number of alkyl halides is 3. The minimum Gasteiger partial charge on any atom is -0.478 e. The molecular formula is C24H26F4N4O6S. The molecular weight excluding hydrogens is 548 g/mol. The minimum atomic E-state index is -5.08. The summed E-state index contributed by atoms with van der Waals surface area (Å²) in [6.07, 6.45) is -4.17. The van der Waals surface area contributed by atoms with E-state index in [1.165, 1.54) is 24.3 Å². The molecule has 3 aromatic rings. The fraction of sp³-hybridized carbons (Fsp3) is 0.292. The van der Waals surface area contributed by atoms with Crippen LogP contribution in [0.15, 0.2) is 53.4 Å². The Morgan fingerprint density at radius 3 is 2.28 bits per heavy atom. The first-order valence-corrected chi connectivity index (χ1v) is 12.7. The maximum atomic E-state index is 13.4. The molecule has 0 saturated carbocycles. The maximum absolute atomic E-state index is 13.4. The molecule has 0 aliphatic carbocycles. The van der Waals surface area contributed by atoms with Gasteiger partial charge in [-0.2, -0.15) is 18.3 Å². The fourth-order valence-electron chi connectivity index (χ4n) is 3.41. The van der Waals surface area contributed by atoms with E-state index in [9.17, 15) is 35.9 Å². The molecule has 1 aromatic heterocycles. The molecule has 0 saturated heterocycles. The van der Waals surface area contributed by atoms with Gasteiger partial charge >= 0.3 is 18.1 Å². The van der Waals surface area contributed by atoms with E-state index in [-0.39, 0.29) is 16.1 Å². The van der Waals surface area contributed by atoms with E-state index in [0.717, 1.165) is 36.5 Å². The van der Waals surface area contributed by atoms with Crippen molar-refractivity contribution in [3.8, 4) is 0 Å². The summed E-state index contributed by atoms with van der Waals surface area (Å²) in [7, 11) is -2.32. The van der Waals surface area contributed by atoms with Gasteiger partial charge in [0.15, 0.2) is 0 Å². The van der Waals surface area contributed by atoms with E-state index in [1.54, 1.807) is 18.0 Å². The molecule has 0 amide bonds. The van der Waals surface area contributed by atoms with Gasteiger partial charge in [-0.05, 0) is 55.8 Å². The van der Waals surface area contributed by atoms with E-state index >= 15 is 0 Å². The summed E-state index contributed by atoms with van der Waals surface area (Å²) in [6, 6.07) is 10.8. The Hall–Kier alpha value is -4.14. The summed E-state index contributed by atoms with van der Waals surface area (Å²) in [4.78, 5) is 22.3. The van der Waals surface area contributed by atoms with Gasteiger partial charge in [0.2, 0.25) is 0 Å². The first-order valence-electron chi connectivity index (χ1n) is 11.3. The third kappa shape index (κ3) is 8.70. The second-order valence-corrected chi connectivity index (χ2v) is 9.94. The Bertz CT molecular complexity index is 1440. The van der Waals surface area contributed by atoms with Gasteiger partial charge in [0, 0.05) is 19.3 Å². The van der Waals surface area contributed by atoms with Crippen LogP contribution in [0.5, 0.6) is 0 Å². The normalized spacial score (nSPS) is 11.4. The van der Waals surface area contributed by atoms with Crippen LogP contribution in [0.1, 0.15) is 35.1 Å². The lowest BCUT2D eigenvalue weighted by molar-refractivity contribution is -0.192. The number of halogens is 4. The second kappa shape index (κ2) is 12.6. The summed E-state index contributed by atoms with van der Waals surface area (Å²) >= 11 is 0. The van der Waals surface area contributed by atoms with Gasteiger partial charge in [-0.25, -0.2) is 22.4 Å². The average Bonchev–Trinajstić information content (AvgIpc) is 3.17. The van der Waals surface area contributed by atoms with Gasteiger partial charge in [-0.15, -0.1) is 0 Å². The van der Waals surface area contributed by atoms with Crippen molar-refractivity contribution in [1.29, 1.82) is 0 Å². The van der Waals surface area contributed by atoms with Crippen molar-refractivity contribution in [2.24, 2.45) is 0 Å². The minimum absolute atomic E-state index is 0.0646. The van der Waals surface area contributed by atoms with Crippen LogP contribution in [0.3, 0.4) is 0 Å². The van der Waals surface area contributed by atoms with Gasteiger partial charge in [0.25, 0.3) is 10.0 Å². The molecule has 0 bridgehead atoms. The number of carboxylic acids is 2. The average molecular weight is 575 g/mol. The molecule has 15 heteroatoms. The van der Waals surface area contributed by atoms with Crippen molar-refractivity contribution >= 4 is 33.3 Å². The zero-order valence-electron chi connectivity index (χ0n) is 21.0. The quantitative estimate of drug-likeness (QED) is 0.317. The number of aryl methyl sites for hydroxylation is 2. The lowest BCUT2D eigenvalue weighted by Gasteiger charge is -2.22. The molecule has 39 heavy (non-hydrogen) atoms. The smallest absolute Gasteiger partial charge is 0.478 e. The highest BCUT2D eigenvalue weighted by Gasteiger charge is 2.38. The van der Waals surface area contributed by atoms with Gasteiger partial charge in [0.05, 0.1) is 34.1 Å². The number of nitrogens with zero attached hydrogens (tertiary/aromatic N) is 3. The van der Waals surface area contributed by atoms with Crippen molar-refractivity contribution in [3.05, 3.63) is 71.3 Å². The van der Waals surface area contributed by atoms with E-state index in [0.29, 0.717) is 12.2 Å². The number of sulfonamides is 1. The number of benzene rings is 2. The Morgan fingerprint density at radius 2 is 1.74 bits per heavy atom. The van der Waals surface area contributed by atoms with Crippen molar-refractivity contribution in [2.75, 3.05) is 16.7 Å². The first kappa shape index (κ1) is 31.1. The summed E-state index contributed by atoms with van der Waals surface area (Å²) < 4.78 is 74.5. The number of anilines is 2.